The van der Waals surface area contributed by atoms with Gasteiger partial charge < -0.3 is 24.5 Å². The Morgan fingerprint density at radius 2 is 1.91 bits per heavy atom. The first-order valence-electron chi connectivity index (χ1n) is 10.9. The molecule has 2 heterocycles. The van der Waals surface area contributed by atoms with Gasteiger partial charge in [-0.1, -0.05) is 23.2 Å². The van der Waals surface area contributed by atoms with Crippen LogP contribution in [0.2, 0.25) is 10.0 Å². The number of nitrogens with zero attached hydrogens (tertiary/aromatic N) is 3. The van der Waals surface area contributed by atoms with E-state index in [0.29, 0.717) is 41.8 Å². The molecular formula is C25H24Cl2N4O4. The summed E-state index contributed by atoms with van der Waals surface area (Å²) >= 11 is 12.7. The number of hydrogen-bond acceptors (Lipinski definition) is 6. The molecule has 2 aromatic heterocycles. The van der Waals surface area contributed by atoms with Crippen molar-refractivity contribution >= 4 is 45.9 Å². The van der Waals surface area contributed by atoms with Gasteiger partial charge in [0, 0.05) is 35.8 Å². The van der Waals surface area contributed by atoms with E-state index in [2.05, 4.69) is 25.9 Å². The number of carbonyl (C=O) groups is 1. The molecule has 0 unspecified atom stereocenters. The number of carboxylic acid groups (broad SMARTS) is 1. The maximum Gasteiger partial charge on any atom is 0.341 e. The quantitative estimate of drug-likeness (QED) is 0.285. The molecule has 8 nitrogen and oxygen atoms in total. The van der Waals surface area contributed by atoms with Gasteiger partial charge >= 0.3 is 5.97 Å². The van der Waals surface area contributed by atoms with Crippen LogP contribution in [-0.2, 0) is 6.54 Å². The molecule has 0 aliphatic rings. The van der Waals surface area contributed by atoms with Gasteiger partial charge in [-0.2, -0.15) is 0 Å². The van der Waals surface area contributed by atoms with Crippen LogP contribution in [0.4, 0.5) is 5.82 Å². The van der Waals surface area contributed by atoms with Crippen LogP contribution in [0.3, 0.4) is 0 Å². The van der Waals surface area contributed by atoms with Gasteiger partial charge in [-0.25, -0.2) is 14.8 Å². The van der Waals surface area contributed by atoms with Gasteiger partial charge in [-0.3, -0.25) is 0 Å². The van der Waals surface area contributed by atoms with Crippen LogP contribution in [-0.4, -0.2) is 45.9 Å². The van der Waals surface area contributed by atoms with Gasteiger partial charge in [-0.05, 0) is 44.2 Å². The zero-order valence-corrected chi connectivity index (χ0v) is 20.9. The molecular weight excluding hydrogens is 491 g/mol. The Bertz CT molecular complexity index is 1400. The van der Waals surface area contributed by atoms with Crippen LogP contribution in [0, 0.1) is 6.92 Å². The molecule has 2 N–H and O–H groups in total. The van der Waals surface area contributed by atoms with Crippen LogP contribution in [0.25, 0.3) is 22.2 Å². The molecule has 0 spiro atoms. The van der Waals surface area contributed by atoms with Crippen molar-refractivity contribution in [2.24, 2.45) is 0 Å². The number of hydrogen-bond donors (Lipinski definition) is 2. The fraction of sp³-hybridized carbons (Fsp3) is 0.240. The molecule has 0 fully saturated rings. The largest absolute Gasteiger partial charge is 0.496 e. The number of rotatable bonds is 9. The second-order valence-electron chi connectivity index (χ2n) is 7.73. The Morgan fingerprint density at radius 1 is 1.11 bits per heavy atom. The van der Waals surface area contributed by atoms with Crippen molar-refractivity contribution in [1.82, 2.24) is 14.5 Å². The number of anilines is 1. The second-order valence-corrected chi connectivity index (χ2v) is 8.55. The zero-order valence-electron chi connectivity index (χ0n) is 19.4. The van der Waals surface area contributed by atoms with Crippen molar-refractivity contribution in [2.45, 2.75) is 20.4 Å². The van der Waals surface area contributed by atoms with Crippen molar-refractivity contribution < 1.29 is 19.4 Å². The molecule has 0 aliphatic carbocycles. The number of nitrogens with one attached hydrogen (secondary N) is 1. The minimum atomic E-state index is -1.15. The lowest BCUT2D eigenvalue weighted by atomic mass is 10.1. The number of methoxy groups -OCH3 is 1. The van der Waals surface area contributed by atoms with Gasteiger partial charge in [-0.15, -0.1) is 0 Å². The van der Waals surface area contributed by atoms with E-state index in [0.717, 1.165) is 22.3 Å². The lowest BCUT2D eigenvalue weighted by Gasteiger charge is -2.13. The zero-order chi connectivity index (χ0) is 25.1. The third-order valence-electron chi connectivity index (χ3n) is 5.57. The Labute approximate surface area is 212 Å². The summed E-state index contributed by atoms with van der Waals surface area (Å²) in [6.45, 7) is 5.34. The van der Waals surface area contributed by atoms with Crippen molar-refractivity contribution in [2.75, 3.05) is 25.6 Å². The summed E-state index contributed by atoms with van der Waals surface area (Å²) in [6, 6.07) is 10.7. The van der Waals surface area contributed by atoms with Gasteiger partial charge in [0.15, 0.2) is 0 Å². The van der Waals surface area contributed by atoms with Crippen LogP contribution >= 0.6 is 23.2 Å². The predicted molar refractivity (Wildman–Crippen MR) is 137 cm³/mol. The highest BCUT2D eigenvalue weighted by molar-refractivity contribution is 6.35. The average molecular weight is 515 g/mol. The lowest BCUT2D eigenvalue weighted by molar-refractivity contribution is 0.0693. The third-order valence-corrected chi connectivity index (χ3v) is 6.17. The molecule has 4 rings (SSSR count). The topological polar surface area (TPSA) is 98.5 Å². The van der Waals surface area contributed by atoms with E-state index in [1.54, 1.807) is 32.2 Å². The molecule has 10 heteroatoms. The summed E-state index contributed by atoms with van der Waals surface area (Å²) in [5.41, 5.74) is 3.12. The molecule has 2 aromatic carbocycles. The fourth-order valence-electron chi connectivity index (χ4n) is 4.02. The Morgan fingerprint density at radius 3 is 2.63 bits per heavy atom. The monoisotopic (exact) mass is 514 g/mol. The summed E-state index contributed by atoms with van der Waals surface area (Å²) in [5, 5.41) is 14.5. The van der Waals surface area contributed by atoms with Crippen molar-refractivity contribution in [3.8, 4) is 22.8 Å². The maximum absolute atomic E-state index is 11.6. The summed E-state index contributed by atoms with van der Waals surface area (Å²) < 4.78 is 13.1. The highest BCUT2D eigenvalue weighted by Gasteiger charge is 2.19. The van der Waals surface area contributed by atoms with Crippen molar-refractivity contribution in [3.63, 3.8) is 0 Å². The molecule has 0 amide bonds. The number of aromatic nitrogens is 3. The lowest BCUT2D eigenvalue weighted by Crippen LogP contribution is -2.12. The van der Waals surface area contributed by atoms with Crippen molar-refractivity contribution in [3.05, 3.63) is 64.0 Å². The number of halogens is 2. The van der Waals surface area contributed by atoms with Gasteiger partial charge in [0.2, 0.25) is 0 Å². The highest BCUT2D eigenvalue weighted by atomic mass is 35.5. The normalized spacial score (nSPS) is 11.0. The maximum atomic E-state index is 11.6. The number of aryl methyl sites for hydroxylation is 1. The Balaban J connectivity index is 1.56. The van der Waals surface area contributed by atoms with E-state index in [4.69, 9.17) is 32.7 Å². The average Bonchev–Trinajstić information content (AvgIpc) is 3.16. The summed E-state index contributed by atoms with van der Waals surface area (Å²) in [6.07, 6.45) is 1.44. The summed E-state index contributed by atoms with van der Waals surface area (Å²) in [7, 11) is 1.64. The number of benzene rings is 2. The number of fused-ring (bicyclic) bond motifs is 1. The van der Waals surface area contributed by atoms with E-state index in [9.17, 15) is 9.90 Å². The van der Waals surface area contributed by atoms with Crippen LogP contribution in [0.5, 0.6) is 11.5 Å². The summed E-state index contributed by atoms with van der Waals surface area (Å²) in [4.78, 5) is 20.2. The summed E-state index contributed by atoms with van der Waals surface area (Å²) in [5.74, 6) is 0.432. The van der Waals surface area contributed by atoms with Crippen LogP contribution in [0.15, 0.2) is 42.7 Å². The van der Waals surface area contributed by atoms with Crippen LogP contribution < -0.4 is 14.8 Å². The number of carboxylic acids is 1. The van der Waals surface area contributed by atoms with Crippen molar-refractivity contribution in [1.29, 1.82) is 0 Å². The highest BCUT2D eigenvalue weighted by Crippen LogP contribution is 2.35. The molecule has 0 atom stereocenters. The molecule has 0 bridgehead atoms. The predicted octanol–water partition coefficient (Wildman–Crippen LogP) is 5.93. The number of ether oxygens (including phenoxy) is 2. The Hall–Kier alpha value is -3.49. The minimum absolute atomic E-state index is 0.0747. The molecule has 0 saturated carbocycles. The molecule has 0 aliphatic heterocycles. The second kappa shape index (κ2) is 10.4. The fourth-order valence-corrected chi connectivity index (χ4v) is 4.58. The van der Waals surface area contributed by atoms with E-state index < -0.39 is 5.97 Å². The standard InChI is InChI=1S/C25H24Cl2N4O4/c1-4-35-21-11-15(10-18(27)23(21)25(32)33)19-12-22(30-13-29-19)28-7-8-31-14(2)9-16-20(34-3)6-5-17(26)24(16)31/h5-6,9-13H,4,7-8H2,1-3H3,(H,32,33)(H,28,29,30). The van der Waals surface area contributed by atoms with E-state index in [1.165, 1.54) is 6.33 Å². The molecule has 35 heavy (non-hydrogen) atoms. The minimum Gasteiger partial charge on any atom is -0.496 e. The van der Waals surface area contributed by atoms with Gasteiger partial charge in [0.25, 0.3) is 0 Å². The smallest absolute Gasteiger partial charge is 0.341 e. The van der Waals surface area contributed by atoms with Gasteiger partial charge in [0.1, 0.15) is 29.2 Å². The van der Waals surface area contributed by atoms with E-state index in [-0.39, 0.29) is 16.3 Å². The molecule has 4 aromatic rings. The first kappa shape index (κ1) is 24.6. The third kappa shape index (κ3) is 4.99. The first-order chi connectivity index (χ1) is 16.8. The molecule has 0 radical (unpaired) electrons. The van der Waals surface area contributed by atoms with E-state index in [1.807, 2.05) is 19.1 Å². The van der Waals surface area contributed by atoms with E-state index >= 15 is 0 Å². The Kier molecular flexibility index (Phi) is 7.33. The SMILES string of the molecule is CCOc1cc(-c2cc(NCCn3c(C)cc4c(OC)ccc(Cl)c43)ncn2)cc(Cl)c1C(=O)O. The van der Waals surface area contributed by atoms with Gasteiger partial charge in [0.05, 0.1) is 35.0 Å². The molecule has 0 saturated heterocycles. The molecule has 182 valence electrons. The number of aromatic carboxylic acids is 1. The first-order valence-corrected chi connectivity index (χ1v) is 11.7. The van der Waals surface area contributed by atoms with Crippen LogP contribution in [0.1, 0.15) is 23.0 Å².